The summed E-state index contributed by atoms with van der Waals surface area (Å²) in [5, 5.41) is 7.83. The van der Waals surface area contributed by atoms with Gasteiger partial charge in [-0.2, -0.15) is 4.98 Å². The fraction of sp³-hybridized carbons (Fsp3) is 0.250. The Morgan fingerprint density at radius 2 is 1.96 bits per heavy atom. The van der Waals surface area contributed by atoms with Gasteiger partial charge in [-0.25, -0.2) is 18.5 Å². The number of nitrogens with one attached hydrogen (secondary N) is 2. The van der Waals surface area contributed by atoms with Crippen LogP contribution in [0.3, 0.4) is 0 Å². The van der Waals surface area contributed by atoms with Crippen LogP contribution >= 0.6 is 0 Å². The maximum atomic E-state index is 12.0. The molecule has 0 unspecified atom stereocenters. The van der Waals surface area contributed by atoms with Gasteiger partial charge in [-0.1, -0.05) is 12.1 Å². The molecular formula is C16H19N7O4S. The third-order valence-electron chi connectivity index (χ3n) is 4.06. The van der Waals surface area contributed by atoms with Gasteiger partial charge in [0, 0.05) is 19.5 Å². The number of hydrogen-bond donors (Lipinski definition) is 4. The maximum Gasteiger partial charge on any atom is 0.280 e. The van der Waals surface area contributed by atoms with Crippen molar-refractivity contribution in [1.29, 1.82) is 0 Å². The Morgan fingerprint density at radius 1 is 1.25 bits per heavy atom. The number of aromatic amines is 1. The van der Waals surface area contributed by atoms with Crippen molar-refractivity contribution < 1.29 is 13.2 Å². The Morgan fingerprint density at radius 3 is 2.64 bits per heavy atom. The molecule has 0 saturated heterocycles. The number of benzene rings is 1. The van der Waals surface area contributed by atoms with E-state index in [0.717, 1.165) is 5.56 Å². The minimum absolute atomic E-state index is 0.0165. The second kappa shape index (κ2) is 7.78. The molecule has 0 saturated carbocycles. The van der Waals surface area contributed by atoms with Crippen LogP contribution in [-0.2, 0) is 27.8 Å². The fourth-order valence-corrected chi connectivity index (χ4v) is 3.15. The number of carbonyl (C=O) groups is 1. The van der Waals surface area contributed by atoms with Gasteiger partial charge in [-0.15, -0.1) is 0 Å². The molecular weight excluding hydrogens is 386 g/mol. The first-order valence-electron chi connectivity index (χ1n) is 8.33. The summed E-state index contributed by atoms with van der Waals surface area (Å²) in [6, 6.07) is 6.16. The fourth-order valence-electron chi connectivity index (χ4n) is 2.64. The van der Waals surface area contributed by atoms with Gasteiger partial charge in [-0.3, -0.25) is 14.6 Å². The molecule has 2 heterocycles. The average Bonchev–Trinajstić information content (AvgIpc) is 3.03. The highest BCUT2D eigenvalue weighted by Gasteiger charge is 2.11. The molecule has 148 valence electrons. The average molecular weight is 405 g/mol. The second-order valence-electron chi connectivity index (χ2n) is 6.10. The van der Waals surface area contributed by atoms with Gasteiger partial charge in [0.1, 0.15) is 0 Å². The highest BCUT2D eigenvalue weighted by atomic mass is 32.2. The number of fused-ring (bicyclic) bond motifs is 1. The summed E-state index contributed by atoms with van der Waals surface area (Å²) in [4.78, 5) is 34.2. The first kappa shape index (κ1) is 19.5. The minimum Gasteiger partial charge on any atom is -0.369 e. The van der Waals surface area contributed by atoms with E-state index in [4.69, 9.17) is 10.9 Å². The summed E-state index contributed by atoms with van der Waals surface area (Å²) >= 11 is 0. The predicted octanol–water partition coefficient (Wildman–Crippen LogP) is -0.902. The molecule has 0 bridgehead atoms. The van der Waals surface area contributed by atoms with Crippen molar-refractivity contribution in [3.05, 3.63) is 46.5 Å². The van der Waals surface area contributed by atoms with E-state index in [9.17, 15) is 18.0 Å². The number of carbonyl (C=O) groups excluding carboxylic acids is 1. The zero-order valence-corrected chi connectivity index (χ0v) is 15.6. The van der Waals surface area contributed by atoms with Crippen LogP contribution < -0.4 is 21.7 Å². The number of rotatable bonds is 7. The number of hydrogen-bond acceptors (Lipinski definition) is 7. The highest BCUT2D eigenvalue weighted by molar-refractivity contribution is 7.89. The van der Waals surface area contributed by atoms with Gasteiger partial charge >= 0.3 is 0 Å². The number of H-pyrrole nitrogens is 1. The number of primary sulfonamides is 1. The lowest BCUT2D eigenvalue weighted by molar-refractivity contribution is -0.121. The number of nitrogens with two attached hydrogens (primary N) is 2. The molecule has 2 aromatic heterocycles. The minimum atomic E-state index is -3.72. The van der Waals surface area contributed by atoms with E-state index in [-0.39, 0.29) is 28.7 Å². The quantitative estimate of drug-likeness (QED) is 0.393. The monoisotopic (exact) mass is 405 g/mol. The van der Waals surface area contributed by atoms with Crippen molar-refractivity contribution in [2.75, 3.05) is 12.3 Å². The molecule has 0 spiro atoms. The van der Waals surface area contributed by atoms with Crippen LogP contribution in [0.5, 0.6) is 0 Å². The Bertz CT molecular complexity index is 1170. The van der Waals surface area contributed by atoms with Crippen molar-refractivity contribution in [3.8, 4) is 0 Å². The van der Waals surface area contributed by atoms with Crippen LogP contribution in [0, 0.1) is 0 Å². The van der Waals surface area contributed by atoms with Crippen LogP contribution in [-0.4, -0.2) is 40.4 Å². The number of aromatic nitrogens is 4. The molecule has 0 aliphatic heterocycles. The zero-order valence-electron chi connectivity index (χ0n) is 14.8. The smallest absolute Gasteiger partial charge is 0.280 e. The molecule has 11 nitrogen and oxygen atoms in total. The summed E-state index contributed by atoms with van der Waals surface area (Å²) in [5.41, 5.74) is 6.46. The van der Waals surface area contributed by atoms with E-state index in [2.05, 4.69) is 20.3 Å². The first-order valence-corrected chi connectivity index (χ1v) is 9.88. The molecule has 0 aliphatic carbocycles. The summed E-state index contributed by atoms with van der Waals surface area (Å²) < 4.78 is 24.0. The lowest BCUT2D eigenvalue weighted by Gasteiger charge is -2.07. The van der Waals surface area contributed by atoms with Gasteiger partial charge in [0.05, 0.1) is 11.2 Å². The van der Waals surface area contributed by atoms with E-state index in [0.29, 0.717) is 25.2 Å². The Hall–Kier alpha value is -3.25. The number of anilines is 1. The van der Waals surface area contributed by atoms with E-state index >= 15 is 0 Å². The van der Waals surface area contributed by atoms with Crippen molar-refractivity contribution >= 4 is 33.0 Å². The molecule has 1 amide bonds. The number of nitrogen functional groups attached to an aromatic ring is 1. The van der Waals surface area contributed by atoms with Gasteiger partial charge < -0.3 is 15.6 Å². The van der Waals surface area contributed by atoms with Crippen molar-refractivity contribution in [2.45, 2.75) is 24.3 Å². The predicted molar refractivity (Wildman–Crippen MR) is 102 cm³/mol. The lowest BCUT2D eigenvalue weighted by Crippen LogP contribution is -2.26. The van der Waals surface area contributed by atoms with Gasteiger partial charge in [0.25, 0.3) is 5.56 Å². The van der Waals surface area contributed by atoms with E-state index in [1.54, 1.807) is 16.7 Å². The molecule has 0 aliphatic rings. The summed E-state index contributed by atoms with van der Waals surface area (Å²) in [6.45, 7) is 0.685. The third kappa shape index (κ3) is 4.53. The van der Waals surface area contributed by atoms with Crippen LogP contribution in [0.15, 0.2) is 40.3 Å². The van der Waals surface area contributed by atoms with Crippen molar-refractivity contribution in [3.63, 3.8) is 0 Å². The number of sulfonamides is 1. The maximum absolute atomic E-state index is 12.0. The summed E-state index contributed by atoms with van der Waals surface area (Å²) in [6.07, 6.45) is 2.15. The molecule has 3 rings (SSSR count). The van der Waals surface area contributed by atoms with Crippen LogP contribution in [0.2, 0.25) is 0 Å². The number of imidazole rings is 1. The topological polar surface area (TPSA) is 179 Å². The zero-order chi connectivity index (χ0) is 20.3. The summed E-state index contributed by atoms with van der Waals surface area (Å²) in [5.74, 6) is -0.196. The molecule has 3 aromatic rings. The van der Waals surface area contributed by atoms with Crippen LogP contribution in [0.1, 0.15) is 12.0 Å². The largest absolute Gasteiger partial charge is 0.369 e. The second-order valence-corrected chi connectivity index (χ2v) is 7.66. The molecule has 0 radical (unpaired) electrons. The molecule has 6 N–H and O–H groups in total. The van der Waals surface area contributed by atoms with Crippen LogP contribution in [0.4, 0.5) is 5.95 Å². The number of aryl methyl sites for hydroxylation is 1. The van der Waals surface area contributed by atoms with Crippen molar-refractivity contribution in [1.82, 2.24) is 24.8 Å². The molecule has 0 fully saturated rings. The Labute approximate surface area is 159 Å². The number of amides is 1. The Balaban J connectivity index is 1.51. The van der Waals surface area contributed by atoms with E-state index < -0.39 is 15.6 Å². The molecule has 0 atom stereocenters. The van der Waals surface area contributed by atoms with Gasteiger partial charge in [-0.05, 0) is 24.1 Å². The Kier molecular flexibility index (Phi) is 5.42. The SMILES string of the molecule is Nc1nc2c(ncn2CCC(=O)NCCc2ccc(S(N)(=O)=O)cc2)c(=O)[nH]1. The van der Waals surface area contributed by atoms with E-state index in [1.807, 2.05) is 0 Å². The number of nitrogens with zero attached hydrogens (tertiary/aromatic N) is 3. The third-order valence-corrected chi connectivity index (χ3v) is 4.99. The molecule has 12 heteroatoms. The standard InChI is InChI=1S/C16H19N7O4S/c17-16-21-14-13(15(25)22-16)20-9-23(14)8-6-12(24)19-7-5-10-1-3-11(4-2-10)28(18,26)27/h1-4,9H,5-8H2,(H,19,24)(H2,18,26,27)(H3,17,21,22,25). The highest BCUT2D eigenvalue weighted by Crippen LogP contribution is 2.09. The van der Waals surface area contributed by atoms with Crippen molar-refractivity contribution in [2.24, 2.45) is 5.14 Å². The van der Waals surface area contributed by atoms with Gasteiger partial charge in [0.2, 0.25) is 21.9 Å². The lowest BCUT2D eigenvalue weighted by atomic mass is 10.1. The normalized spacial score (nSPS) is 11.6. The van der Waals surface area contributed by atoms with Gasteiger partial charge in [0.15, 0.2) is 11.2 Å². The first-order chi connectivity index (χ1) is 13.2. The van der Waals surface area contributed by atoms with E-state index in [1.165, 1.54) is 18.5 Å². The molecule has 28 heavy (non-hydrogen) atoms. The van der Waals surface area contributed by atoms with Crippen LogP contribution in [0.25, 0.3) is 11.2 Å². The molecule has 1 aromatic carbocycles. The summed E-state index contributed by atoms with van der Waals surface area (Å²) in [7, 11) is -3.72.